The molecule has 6 rings (SSSR count). The Hall–Kier alpha value is -3.40. The number of aromatic nitrogens is 2. The molecule has 2 aliphatic heterocycles. The van der Waals surface area contributed by atoms with Crippen molar-refractivity contribution in [3.63, 3.8) is 0 Å². The van der Waals surface area contributed by atoms with Crippen LogP contribution in [0.25, 0.3) is 16.9 Å². The van der Waals surface area contributed by atoms with E-state index in [9.17, 15) is 9.59 Å². The smallest absolute Gasteiger partial charge is 0.242 e. The van der Waals surface area contributed by atoms with Crippen molar-refractivity contribution in [1.29, 1.82) is 0 Å². The normalized spacial score (nSPS) is 17.8. The Morgan fingerprint density at radius 3 is 2.53 bits per heavy atom. The molecule has 0 saturated carbocycles. The van der Waals surface area contributed by atoms with Crippen LogP contribution in [-0.2, 0) is 14.3 Å². The summed E-state index contributed by atoms with van der Waals surface area (Å²) < 4.78 is 7.32. The fraction of sp³-hybridized carbons (Fsp3) is 0.276. The predicted molar refractivity (Wildman–Crippen MR) is 152 cm³/mol. The van der Waals surface area contributed by atoms with Crippen LogP contribution in [0.2, 0.25) is 0 Å². The second kappa shape index (κ2) is 10.8. The van der Waals surface area contributed by atoms with Gasteiger partial charge in [0, 0.05) is 29.1 Å². The average molecular weight is 545 g/mol. The third-order valence-electron chi connectivity index (χ3n) is 6.94. The van der Waals surface area contributed by atoms with Gasteiger partial charge in [-0.3, -0.25) is 14.5 Å². The Labute approximate surface area is 230 Å². The lowest BCUT2D eigenvalue weighted by Gasteiger charge is -2.30. The highest BCUT2D eigenvalue weighted by Crippen LogP contribution is 2.49. The first-order chi connectivity index (χ1) is 18.6. The molecule has 38 heavy (non-hydrogen) atoms. The van der Waals surface area contributed by atoms with Gasteiger partial charge in [0.15, 0.2) is 0 Å². The van der Waals surface area contributed by atoms with Gasteiger partial charge in [0.05, 0.1) is 35.6 Å². The van der Waals surface area contributed by atoms with Gasteiger partial charge in [-0.2, -0.15) is 5.10 Å². The molecule has 2 aliphatic rings. The van der Waals surface area contributed by atoms with E-state index >= 15 is 0 Å². The summed E-state index contributed by atoms with van der Waals surface area (Å²) in [6.07, 6.45) is 0. The van der Waals surface area contributed by atoms with E-state index < -0.39 is 0 Å². The summed E-state index contributed by atoms with van der Waals surface area (Å²) in [5, 5.41) is 7.14. The zero-order valence-corrected chi connectivity index (χ0v) is 22.7. The second-order valence-electron chi connectivity index (χ2n) is 9.33. The highest BCUT2D eigenvalue weighted by molar-refractivity contribution is 8.00. The molecule has 2 aromatic heterocycles. The molecule has 194 valence electrons. The van der Waals surface area contributed by atoms with Gasteiger partial charge in [-0.1, -0.05) is 54.6 Å². The van der Waals surface area contributed by atoms with Crippen LogP contribution in [0.4, 0.5) is 5.82 Å². The number of morpholine rings is 1. The minimum absolute atomic E-state index is 0.0324. The van der Waals surface area contributed by atoms with Crippen LogP contribution >= 0.6 is 23.1 Å². The minimum atomic E-state index is -0.0922. The number of rotatable bonds is 5. The Balaban J connectivity index is 1.58. The van der Waals surface area contributed by atoms with Crippen LogP contribution < -0.4 is 4.90 Å². The first-order valence-corrected chi connectivity index (χ1v) is 14.6. The molecule has 2 amide bonds. The number of nitrogens with zero attached hydrogens (tertiary/aromatic N) is 4. The van der Waals surface area contributed by atoms with Gasteiger partial charge in [0.2, 0.25) is 11.8 Å². The van der Waals surface area contributed by atoms with Crippen molar-refractivity contribution in [3.05, 3.63) is 88.1 Å². The van der Waals surface area contributed by atoms with Crippen molar-refractivity contribution in [1.82, 2.24) is 14.7 Å². The monoisotopic (exact) mass is 544 g/mol. The van der Waals surface area contributed by atoms with E-state index in [-0.39, 0.29) is 29.4 Å². The number of amides is 2. The van der Waals surface area contributed by atoms with E-state index in [0.717, 1.165) is 32.9 Å². The minimum Gasteiger partial charge on any atom is -0.378 e. The van der Waals surface area contributed by atoms with E-state index in [1.165, 1.54) is 0 Å². The van der Waals surface area contributed by atoms with Crippen molar-refractivity contribution in [2.75, 3.05) is 43.5 Å². The first kappa shape index (κ1) is 24.9. The van der Waals surface area contributed by atoms with Gasteiger partial charge in [0.1, 0.15) is 12.4 Å². The summed E-state index contributed by atoms with van der Waals surface area (Å²) in [5.41, 5.74) is 4.70. The number of thiophene rings is 1. The van der Waals surface area contributed by atoms with E-state index in [4.69, 9.17) is 9.84 Å². The highest BCUT2D eigenvalue weighted by atomic mass is 32.2. The number of anilines is 1. The Morgan fingerprint density at radius 2 is 1.79 bits per heavy atom. The molecule has 0 aliphatic carbocycles. The van der Waals surface area contributed by atoms with Gasteiger partial charge in [-0.15, -0.1) is 23.1 Å². The third-order valence-corrected chi connectivity index (χ3v) is 9.26. The molecular formula is C29H28N4O3S2. The van der Waals surface area contributed by atoms with E-state index in [1.807, 2.05) is 60.1 Å². The van der Waals surface area contributed by atoms with Crippen LogP contribution in [0, 0.1) is 6.92 Å². The molecule has 1 atom stereocenters. The maximum Gasteiger partial charge on any atom is 0.242 e. The molecule has 4 heterocycles. The number of ether oxygens (including phenoxy) is 1. The van der Waals surface area contributed by atoms with Gasteiger partial charge in [0.25, 0.3) is 0 Å². The number of aryl methyl sites for hydroxylation is 1. The van der Waals surface area contributed by atoms with Crippen LogP contribution in [0.15, 0.2) is 72.1 Å². The standard InChI is InChI=1S/C29H28N4O3S2/c1-20-8-5-6-11-22(20)33-29-26(27(30-33)21-9-3-2-4-10-21)28(23-12-7-17-37-23)38-19-25(35)32(29)18-24(34)31-13-15-36-16-14-31/h2-12,17,28H,13-16,18-19H2,1H3. The van der Waals surface area contributed by atoms with Crippen molar-refractivity contribution < 1.29 is 14.3 Å². The maximum absolute atomic E-state index is 13.8. The summed E-state index contributed by atoms with van der Waals surface area (Å²) in [7, 11) is 0. The van der Waals surface area contributed by atoms with Gasteiger partial charge < -0.3 is 9.64 Å². The summed E-state index contributed by atoms with van der Waals surface area (Å²) in [5.74, 6) is 0.778. The van der Waals surface area contributed by atoms with Crippen LogP contribution in [-0.4, -0.2) is 65.1 Å². The van der Waals surface area contributed by atoms with Crippen LogP contribution in [0.3, 0.4) is 0 Å². The van der Waals surface area contributed by atoms with Gasteiger partial charge in [-0.25, -0.2) is 4.68 Å². The molecular weight excluding hydrogens is 516 g/mol. The fourth-order valence-corrected chi connectivity index (χ4v) is 7.19. The molecule has 1 fully saturated rings. The van der Waals surface area contributed by atoms with Crippen LogP contribution in [0.5, 0.6) is 0 Å². The number of carbonyl (C=O) groups excluding carboxylic acids is 2. The van der Waals surface area contributed by atoms with E-state index in [0.29, 0.717) is 32.1 Å². The number of hydrogen-bond donors (Lipinski definition) is 0. The molecule has 9 heteroatoms. The highest BCUT2D eigenvalue weighted by Gasteiger charge is 2.38. The molecule has 1 unspecified atom stereocenters. The third kappa shape index (κ3) is 4.66. The zero-order valence-electron chi connectivity index (χ0n) is 21.1. The Kier molecular flexibility index (Phi) is 7.06. The molecule has 1 saturated heterocycles. The maximum atomic E-state index is 13.8. The number of para-hydroxylation sites is 1. The summed E-state index contributed by atoms with van der Waals surface area (Å²) in [4.78, 5) is 31.9. The molecule has 0 bridgehead atoms. The van der Waals surface area contributed by atoms with E-state index in [1.54, 1.807) is 32.9 Å². The summed E-state index contributed by atoms with van der Waals surface area (Å²) in [6, 6.07) is 22.3. The lowest BCUT2D eigenvalue weighted by Crippen LogP contribution is -2.48. The summed E-state index contributed by atoms with van der Waals surface area (Å²) >= 11 is 3.28. The zero-order chi connectivity index (χ0) is 26.1. The summed E-state index contributed by atoms with van der Waals surface area (Å²) in [6.45, 7) is 4.11. The number of benzene rings is 2. The number of hydrogen-bond acceptors (Lipinski definition) is 6. The Morgan fingerprint density at radius 1 is 1.03 bits per heavy atom. The molecule has 0 radical (unpaired) electrons. The van der Waals surface area contributed by atoms with Gasteiger partial charge in [-0.05, 0) is 30.0 Å². The number of carbonyl (C=O) groups is 2. The van der Waals surface area contributed by atoms with Crippen LogP contribution in [0.1, 0.15) is 21.3 Å². The predicted octanol–water partition coefficient (Wildman–Crippen LogP) is 4.94. The largest absolute Gasteiger partial charge is 0.378 e. The topological polar surface area (TPSA) is 67.7 Å². The lowest BCUT2D eigenvalue weighted by molar-refractivity contribution is -0.134. The number of thioether (sulfide) groups is 1. The fourth-order valence-electron chi connectivity index (χ4n) is 5.01. The molecule has 0 N–H and O–H groups in total. The SMILES string of the molecule is Cc1ccccc1-n1nc(-c2ccccc2)c2c1N(CC(=O)N1CCOCC1)C(=O)CSC2c1cccs1. The van der Waals surface area contributed by atoms with Crippen molar-refractivity contribution in [2.24, 2.45) is 0 Å². The molecule has 0 spiro atoms. The Bertz CT molecular complexity index is 1450. The molecule has 7 nitrogen and oxygen atoms in total. The van der Waals surface area contributed by atoms with Crippen molar-refractivity contribution in [3.8, 4) is 16.9 Å². The van der Waals surface area contributed by atoms with Gasteiger partial charge >= 0.3 is 0 Å². The second-order valence-corrected chi connectivity index (χ2v) is 11.4. The van der Waals surface area contributed by atoms with Crippen molar-refractivity contribution >= 4 is 40.7 Å². The first-order valence-electron chi connectivity index (χ1n) is 12.7. The molecule has 2 aromatic carbocycles. The van der Waals surface area contributed by atoms with E-state index in [2.05, 4.69) is 23.6 Å². The quantitative estimate of drug-likeness (QED) is 0.356. The van der Waals surface area contributed by atoms with Crippen molar-refractivity contribution in [2.45, 2.75) is 12.2 Å². The number of fused-ring (bicyclic) bond motifs is 1. The molecule has 4 aromatic rings. The lowest BCUT2D eigenvalue weighted by atomic mass is 10.0. The average Bonchev–Trinajstić information content (AvgIpc) is 3.60.